The molecule has 0 bridgehead atoms. The fraction of sp³-hybridized carbons (Fsp3) is 0.353. The summed E-state index contributed by atoms with van der Waals surface area (Å²) < 4.78 is 5.22. The first-order valence-electron chi connectivity index (χ1n) is 7.15. The summed E-state index contributed by atoms with van der Waals surface area (Å²) in [6, 6.07) is 12.5. The highest BCUT2D eigenvalue weighted by molar-refractivity contribution is 5.84. The second-order valence-electron chi connectivity index (χ2n) is 5.37. The summed E-state index contributed by atoms with van der Waals surface area (Å²) in [5.41, 5.74) is 1.16. The summed E-state index contributed by atoms with van der Waals surface area (Å²) in [7, 11) is 1.67. The summed E-state index contributed by atoms with van der Waals surface area (Å²) in [5.74, 6) is 0.884. The molecule has 0 heterocycles. The Morgan fingerprint density at radius 3 is 2.57 bits per heavy atom. The van der Waals surface area contributed by atoms with Gasteiger partial charge in [0.25, 0.3) is 0 Å². The highest BCUT2D eigenvalue weighted by atomic mass is 16.5. The largest absolute Gasteiger partial charge is 0.497 e. The summed E-state index contributed by atoms with van der Waals surface area (Å²) in [6.07, 6.45) is 0. The summed E-state index contributed by atoms with van der Waals surface area (Å²) >= 11 is 0. The van der Waals surface area contributed by atoms with Crippen LogP contribution < -0.4 is 15.4 Å². The maximum Gasteiger partial charge on any atom is 0.234 e. The number of hydrogen-bond acceptors (Lipinski definition) is 3. The number of amides is 1. The predicted molar refractivity (Wildman–Crippen MR) is 85.5 cm³/mol. The van der Waals surface area contributed by atoms with E-state index in [1.807, 2.05) is 32.0 Å². The topological polar surface area (TPSA) is 50.4 Å². The molecule has 0 aliphatic rings. The Bertz CT molecular complexity index is 623. The van der Waals surface area contributed by atoms with E-state index in [1.165, 1.54) is 5.39 Å². The molecule has 0 atom stereocenters. The molecule has 0 saturated carbocycles. The Hall–Kier alpha value is -2.07. The molecule has 112 valence electrons. The van der Waals surface area contributed by atoms with E-state index in [4.69, 9.17) is 4.74 Å². The van der Waals surface area contributed by atoms with Gasteiger partial charge in [0.15, 0.2) is 0 Å². The van der Waals surface area contributed by atoms with Crippen LogP contribution in [-0.2, 0) is 11.3 Å². The van der Waals surface area contributed by atoms with Crippen LogP contribution in [0.4, 0.5) is 0 Å². The Morgan fingerprint density at radius 2 is 1.86 bits per heavy atom. The predicted octanol–water partition coefficient (Wildman–Crippen LogP) is 2.46. The molecule has 0 radical (unpaired) electrons. The minimum Gasteiger partial charge on any atom is -0.497 e. The third-order valence-corrected chi connectivity index (χ3v) is 3.18. The summed E-state index contributed by atoms with van der Waals surface area (Å²) in [6.45, 7) is 4.91. The molecule has 0 aromatic heterocycles. The van der Waals surface area contributed by atoms with Gasteiger partial charge < -0.3 is 15.4 Å². The van der Waals surface area contributed by atoms with Crippen LogP contribution in [-0.4, -0.2) is 25.6 Å². The molecule has 0 aliphatic carbocycles. The molecule has 0 spiro atoms. The van der Waals surface area contributed by atoms with Crippen molar-refractivity contribution in [2.24, 2.45) is 0 Å². The molecule has 4 heteroatoms. The minimum absolute atomic E-state index is 0.0236. The molecule has 4 nitrogen and oxygen atoms in total. The van der Waals surface area contributed by atoms with Gasteiger partial charge in [-0.15, -0.1) is 0 Å². The van der Waals surface area contributed by atoms with Crippen molar-refractivity contribution < 1.29 is 9.53 Å². The Kier molecular flexibility index (Phi) is 5.17. The van der Waals surface area contributed by atoms with Crippen molar-refractivity contribution in [3.63, 3.8) is 0 Å². The number of benzene rings is 2. The van der Waals surface area contributed by atoms with Crippen molar-refractivity contribution in [3.8, 4) is 5.75 Å². The molecular weight excluding hydrogens is 264 g/mol. The van der Waals surface area contributed by atoms with Gasteiger partial charge >= 0.3 is 0 Å². The van der Waals surface area contributed by atoms with E-state index in [-0.39, 0.29) is 11.9 Å². The standard InChI is InChI=1S/C17H22N2O2/c1-12(2)19-17(20)11-18-10-13-4-5-15-9-16(21-3)7-6-14(15)8-13/h4-9,12,18H,10-11H2,1-3H3,(H,19,20). The summed E-state index contributed by atoms with van der Waals surface area (Å²) in [5, 5.41) is 8.33. The fourth-order valence-electron chi connectivity index (χ4n) is 2.20. The Morgan fingerprint density at radius 1 is 1.14 bits per heavy atom. The van der Waals surface area contributed by atoms with Crippen LogP contribution in [0.1, 0.15) is 19.4 Å². The second-order valence-corrected chi connectivity index (χ2v) is 5.37. The number of carbonyl (C=O) groups excluding carboxylic acids is 1. The smallest absolute Gasteiger partial charge is 0.234 e. The van der Waals surface area contributed by atoms with Crippen molar-refractivity contribution >= 4 is 16.7 Å². The van der Waals surface area contributed by atoms with Gasteiger partial charge in [-0.1, -0.05) is 18.2 Å². The van der Waals surface area contributed by atoms with E-state index in [1.54, 1.807) is 7.11 Å². The highest BCUT2D eigenvalue weighted by Gasteiger charge is 2.03. The zero-order valence-corrected chi connectivity index (χ0v) is 12.8. The van der Waals surface area contributed by atoms with Gasteiger partial charge in [-0.2, -0.15) is 0 Å². The highest BCUT2D eigenvalue weighted by Crippen LogP contribution is 2.21. The number of nitrogens with one attached hydrogen (secondary N) is 2. The number of hydrogen-bond donors (Lipinski definition) is 2. The third-order valence-electron chi connectivity index (χ3n) is 3.18. The average Bonchev–Trinajstić information content (AvgIpc) is 2.45. The molecule has 2 aromatic carbocycles. The molecule has 1 amide bonds. The zero-order chi connectivity index (χ0) is 15.2. The van der Waals surface area contributed by atoms with Crippen molar-refractivity contribution in [2.75, 3.05) is 13.7 Å². The molecule has 0 fully saturated rings. The zero-order valence-electron chi connectivity index (χ0n) is 12.8. The molecule has 2 rings (SSSR count). The number of ether oxygens (including phenoxy) is 1. The van der Waals surface area contributed by atoms with Crippen molar-refractivity contribution in [1.82, 2.24) is 10.6 Å². The molecule has 2 aromatic rings. The van der Waals surface area contributed by atoms with Crippen LogP contribution in [0.3, 0.4) is 0 Å². The second kappa shape index (κ2) is 7.09. The lowest BCUT2D eigenvalue weighted by Crippen LogP contribution is -2.37. The lowest BCUT2D eigenvalue weighted by atomic mass is 10.1. The van der Waals surface area contributed by atoms with Crippen molar-refractivity contribution in [3.05, 3.63) is 42.0 Å². The van der Waals surface area contributed by atoms with Crippen LogP contribution >= 0.6 is 0 Å². The molecule has 0 aliphatic heterocycles. The third kappa shape index (κ3) is 4.46. The maximum absolute atomic E-state index is 11.5. The number of carbonyl (C=O) groups is 1. The van der Waals surface area contributed by atoms with E-state index in [0.717, 1.165) is 16.7 Å². The van der Waals surface area contributed by atoms with E-state index in [2.05, 4.69) is 28.8 Å². The SMILES string of the molecule is COc1ccc2cc(CNCC(=O)NC(C)C)ccc2c1. The van der Waals surface area contributed by atoms with Gasteiger partial charge in [-0.25, -0.2) is 0 Å². The van der Waals surface area contributed by atoms with Gasteiger partial charge in [0.1, 0.15) is 5.75 Å². The van der Waals surface area contributed by atoms with Crippen molar-refractivity contribution in [2.45, 2.75) is 26.4 Å². The van der Waals surface area contributed by atoms with Crippen LogP contribution in [0.25, 0.3) is 10.8 Å². The van der Waals surface area contributed by atoms with E-state index >= 15 is 0 Å². The van der Waals surface area contributed by atoms with Crippen LogP contribution in [0.2, 0.25) is 0 Å². The molecule has 0 unspecified atom stereocenters. The van der Waals surface area contributed by atoms with Gasteiger partial charge in [-0.3, -0.25) is 4.79 Å². The number of rotatable bonds is 6. The van der Waals surface area contributed by atoms with E-state index in [0.29, 0.717) is 13.1 Å². The Labute approximate surface area is 125 Å². The summed E-state index contributed by atoms with van der Waals surface area (Å²) in [4.78, 5) is 11.5. The quantitative estimate of drug-likeness (QED) is 0.857. The average molecular weight is 286 g/mol. The first-order chi connectivity index (χ1) is 10.1. The lowest BCUT2D eigenvalue weighted by Gasteiger charge is -2.10. The van der Waals surface area contributed by atoms with Gasteiger partial charge in [0.05, 0.1) is 13.7 Å². The maximum atomic E-state index is 11.5. The molecule has 0 saturated heterocycles. The first-order valence-corrected chi connectivity index (χ1v) is 7.15. The van der Waals surface area contributed by atoms with Crippen LogP contribution in [0, 0.1) is 0 Å². The van der Waals surface area contributed by atoms with Crippen LogP contribution in [0.5, 0.6) is 5.75 Å². The van der Waals surface area contributed by atoms with Gasteiger partial charge in [-0.05, 0) is 48.4 Å². The van der Waals surface area contributed by atoms with Crippen molar-refractivity contribution in [1.29, 1.82) is 0 Å². The lowest BCUT2D eigenvalue weighted by molar-refractivity contribution is -0.120. The van der Waals surface area contributed by atoms with E-state index < -0.39 is 0 Å². The van der Waals surface area contributed by atoms with Gasteiger partial charge in [0, 0.05) is 12.6 Å². The van der Waals surface area contributed by atoms with Gasteiger partial charge in [0.2, 0.25) is 5.91 Å². The molecule has 2 N–H and O–H groups in total. The fourth-order valence-corrected chi connectivity index (χ4v) is 2.20. The molecule has 21 heavy (non-hydrogen) atoms. The first kappa shape index (κ1) is 15.3. The number of fused-ring (bicyclic) bond motifs is 1. The van der Waals surface area contributed by atoms with Crippen LogP contribution in [0.15, 0.2) is 36.4 Å². The normalized spacial score (nSPS) is 10.9. The number of methoxy groups -OCH3 is 1. The minimum atomic E-state index is 0.0236. The van der Waals surface area contributed by atoms with E-state index in [9.17, 15) is 4.79 Å². The molecular formula is C17H22N2O2. The Balaban J connectivity index is 1.95. The monoisotopic (exact) mass is 286 g/mol.